The summed E-state index contributed by atoms with van der Waals surface area (Å²) in [5, 5.41) is 11.5. The van der Waals surface area contributed by atoms with E-state index in [1.54, 1.807) is 6.92 Å². The highest BCUT2D eigenvalue weighted by Crippen LogP contribution is 2.38. The largest absolute Gasteiger partial charge is 0.461 e. The first kappa shape index (κ1) is 16.5. The number of anilines is 1. The van der Waals surface area contributed by atoms with E-state index in [2.05, 4.69) is 30.8 Å². The number of nitrogens with zero attached hydrogens (tertiary/aromatic N) is 1. The Morgan fingerprint density at radius 2 is 2.04 bits per heavy atom. The van der Waals surface area contributed by atoms with Gasteiger partial charge in [-0.1, -0.05) is 0 Å². The van der Waals surface area contributed by atoms with Gasteiger partial charge in [-0.05, 0) is 6.92 Å². The number of nitrogens with one attached hydrogen (secondary N) is 5. The zero-order valence-electron chi connectivity index (χ0n) is 13.5. The van der Waals surface area contributed by atoms with Crippen molar-refractivity contribution < 1.29 is 19.1 Å². The van der Waals surface area contributed by atoms with E-state index in [1.165, 1.54) is 7.05 Å². The number of H-pyrrole nitrogens is 3. The second-order valence-electron chi connectivity index (χ2n) is 5.33. The van der Waals surface area contributed by atoms with E-state index >= 15 is 0 Å². The van der Waals surface area contributed by atoms with Crippen LogP contribution in [0.2, 0.25) is 0 Å². The molecule has 0 unspecified atom stereocenters. The second-order valence-corrected chi connectivity index (χ2v) is 5.33. The number of hydrogen-bond acceptors (Lipinski definition) is 6. The molecule has 2 aromatic heterocycles. The maximum absolute atomic E-state index is 12.1. The highest BCUT2D eigenvalue weighted by molar-refractivity contribution is 6.01. The molecular weight excluding hydrogens is 332 g/mol. The van der Waals surface area contributed by atoms with E-state index in [0.717, 1.165) is 0 Å². The number of hydrogen-bond donors (Lipinski definition) is 5. The summed E-state index contributed by atoms with van der Waals surface area (Å²) in [7, 11) is 1.45. The number of aromatic nitrogens is 4. The fraction of sp³-hybridized carbons (Fsp3) is 0.357. The standard InChI is InChI=1S/C14H16N6O5/c1-3-25-13(23)10-8(17-14(24)18-10)5-4-6(21)16-11-7(5)9(19-20-11)12(22)15-2/h5H,3-4H2,1-2H3,(H,15,22)(H2,17,18,24)(H2,16,19,20,21)/t5-/m0/s1. The van der Waals surface area contributed by atoms with Gasteiger partial charge in [0.05, 0.1) is 12.3 Å². The SMILES string of the molecule is CCOC(=O)c1[nH]c(=O)[nH]c1[C@H]1CC(=O)Nc2n[nH]c(C(=O)NC)c21. The van der Waals surface area contributed by atoms with E-state index in [4.69, 9.17) is 4.74 Å². The molecule has 25 heavy (non-hydrogen) atoms. The molecule has 3 rings (SSSR count). The highest BCUT2D eigenvalue weighted by Gasteiger charge is 2.37. The van der Waals surface area contributed by atoms with Gasteiger partial charge in [-0.15, -0.1) is 0 Å². The Balaban J connectivity index is 2.15. The predicted molar refractivity (Wildman–Crippen MR) is 84.4 cm³/mol. The number of fused-ring (bicyclic) bond motifs is 1. The third-order valence-corrected chi connectivity index (χ3v) is 3.84. The van der Waals surface area contributed by atoms with Gasteiger partial charge in [0.15, 0.2) is 5.82 Å². The van der Waals surface area contributed by atoms with Crippen LogP contribution in [0.25, 0.3) is 0 Å². The quantitative estimate of drug-likeness (QED) is 0.465. The lowest BCUT2D eigenvalue weighted by Gasteiger charge is -2.22. The molecule has 3 heterocycles. The molecule has 11 nitrogen and oxygen atoms in total. The molecule has 11 heteroatoms. The van der Waals surface area contributed by atoms with Gasteiger partial charge in [-0.2, -0.15) is 5.10 Å². The summed E-state index contributed by atoms with van der Waals surface area (Å²) in [6.45, 7) is 1.76. The van der Waals surface area contributed by atoms with Crippen LogP contribution in [0.5, 0.6) is 0 Å². The fourth-order valence-corrected chi connectivity index (χ4v) is 2.82. The van der Waals surface area contributed by atoms with Gasteiger partial charge < -0.3 is 20.4 Å². The van der Waals surface area contributed by atoms with E-state index in [0.29, 0.717) is 5.56 Å². The first-order valence-electron chi connectivity index (χ1n) is 7.55. The molecule has 0 aromatic carbocycles. The van der Waals surface area contributed by atoms with Crippen molar-refractivity contribution >= 4 is 23.6 Å². The topological polar surface area (TPSA) is 162 Å². The summed E-state index contributed by atoms with van der Waals surface area (Å²) < 4.78 is 4.94. The van der Waals surface area contributed by atoms with Crippen LogP contribution in [0.3, 0.4) is 0 Å². The van der Waals surface area contributed by atoms with Crippen molar-refractivity contribution in [3.05, 3.63) is 33.1 Å². The average Bonchev–Trinajstić information content (AvgIpc) is 3.17. The smallest absolute Gasteiger partial charge is 0.356 e. The monoisotopic (exact) mass is 348 g/mol. The van der Waals surface area contributed by atoms with Gasteiger partial charge in [-0.3, -0.25) is 19.7 Å². The van der Waals surface area contributed by atoms with E-state index < -0.39 is 23.5 Å². The van der Waals surface area contributed by atoms with Crippen molar-refractivity contribution in [1.29, 1.82) is 0 Å². The van der Waals surface area contributed by atoms with Crippen LogP contribution in [0.4, 0.5) is 5.82 Å². The van der Waals surface area contributed by atoms with Crippen LogP contribution in [0, 0.1) is 0 Å². The number of carbonyl (C=O) groups is 3. The summed E-state index contributed by atoms with van der Waals surface area (Å²) >= 11 is 0. The van der Waals surface area contributed by atoms with Crippen molar-refractivity contribution in [2.45, 2.75) is 19.3 Å². The maximum Gasteiger partial charge on any atom is 0.356 e. The molecule has 1 aliphatic heterocycles. The van der Waals surface area contributed by atoms with E-state index in [9.17, 15) is 19.2 Å². The molecular formula is C14H16N6O5. The third-order valence-electron chi connectivity index (χ3n) is 3.84. The lowest BCUT2D eigenvalue weighted by atomic mass is 9.88. The zero-order chi connectivity index (χ0) is 18.1. The fourth-order valence-electron chi connectivity index (χ4n) is 2.82. The van der Waals surface area contributed by atoms with Crippen LogP contribution in [0.1, 0.15) is 51.5 Å². The number of carbonyl (C=O) groups excluding carboxylic acids is 3. The van der Waals surface area contributed by atoms with Crippen LogP contribution in [0.15, 0.2) is 4.79 Å². The number of ether oxygens (including phenoxy) is 1. The molecule has 0 saturated heterocycles. The summed E-state index contributed by atoms with van der Waals surface area (Å²) in [5.74, 6) is -2.09. The number of aromatic amines is 3. The summed E-state index contributed by atoms with van der Waals surface area (Å²) in [6.07, 6.45) is -0.0727. The van der Waals surface area contributed by atoms with Gasteiger partial charge in [0, 0.05) is 24.9 Å². The normalized spacial score (nSPS) is 16.1. The molecule has 2 aromatic rings. The zero-order valence-corrected chi connectivity index (χ0v) is 13.5. The van der Waals surface area contributed by atoms with Crippen molar-refractivity contribution in [3.63, 3.8) is 0 Å². The minimum Gasteiger partial charge on any atom is -0.461 e. The van der Waals surface area contributed by atoms with Crippen molar-refractivity contribution in [2.24, 2.45) is 0 Å². The van der Waals surface area contributed by atoms with Gasteiger partial charge in [-0.25, -0.2) is 9.59 Å². The Kier molecular flexibility index (Phi) is 4.13. The number of rotatable bonds is 4. The Labute approximate surface area is 140 Å². The molecule has 0 spiro atoms. The second kappa shape index (κ2) is 6.26. The molecule has 5 N–H and O–H groups in total. The molecule has 0 saturated carbocycles. The Bertz CT molecular complexity index is 907. The number of esters is 1. The first-order chi connectivity index (χ1) is 12.0. The van der Waals surface area contributed by atoms with Gasteiger partial charge in [0.2, 0.25) is 5.91 Å². The van der Waals surface area contributed by atoms with Crippen molar-refractivity contribution in [3.8, 4) is 0 Å². The Morgan fingerprint density at radius 1 is 1.28 bits per heavy atom. The van der Waals surface area contributed by atoms with Crippen LogP contribution < -0.4 is 16.3 Å². The van der Waals surface area contributed by atoms with E-state index in [-0.39, 0.29) is 41.8 Å². The maximum atomic E-state index is 12.1. The summed E-state index contributed by atoms with van der Waals surface area (Å²) in [4.78, 5) is 52.8. The third kappa shape index (κ3) is 2.79. The highest BCUT2D eigenvalue weighted by atomic mass is 16.5. The molecule has 1 aliphatic rings. The van der Waals surface area contributed by atoms with Gasteiger partial charge in [0.25, 0.3) is 5.91 Å². The molecule has 0 radical (unpaired) electrons. The van der Waals surface area contributed by atoms with Crippen molar-refractivity contribution in [2.75, 3.05) is 19.0 Å². The molecule has 2 amide bonds. The van der Waals surface area contributed by atoms with Crippen LogP contribution >= 0.6 is 0 Å². The molecule has 132 valence electrons. The van der Waals surface area contributed by atoms with Crippen LogP contribution in [-0.4, -0.2) is 51.6 Å². The predicted octanol–water partition coefficient (Wildman–Crippen LogP) is -0.563. The minimum atomic E-state index is -0.742. The van der Waals surface area contributed by atoms with E-state index in [1.807, 2.05) is 0 Å². The Hall–Kier alpha value is -3.37. The van der Waals surface area contributed by atoms with Gasteiger partial charge in [0.1, 0.15) is 11.4 Å². The number of imidazole rings is 1. The summed E-state index contributed by atoms with van der Waals surface area (Å²) in [6, 6.07) is 0. The number of amides is 2. The van der Waals surface area contributed by atoms with Crippen molar-refractivity contribution in [1.82, 2.24) is 25.5 Å². The minimum absolute atomic E-state index is 0.0727. The Morgan fingerprint density at radius 3 is 2.72 bits per heavy atom. The molecule has 0 aliphatic carbocycles. The summed E-state index contributed by atoms with van der Waals surface area (Å²) in [5.41, 5.74) is 0.00217. The lowest BCUT2D eigenvalue weighted by Crippen LogP contribution is -2.27. The van der Waals surface area contributed by atoms with Gasteiger partial charge >= 0.3 is 11.7 Å². The first-order valence-corrected chi connectivity index (χ1v) is 7.55. The molecule has 0 bridgehead atoms. The lowest BCUT2D eigenvalue weighted by molar-refractivity contribution is -0.116. The molecule has 0 fully saturated rings. The van der Waals surface area contributed by atoms with Crippen LogP contribution in [-0.2, 0) is 9.53 Å². The average molecular weight is 348 g/mol. The molecule has 1 atom stereocenters.